The SMILES string of the molecule is c1ccc2cc3cc4c(cc([SiH]5N[SiH2]N[SiH2]N5)c5cc6ccccc6cc54)cc3cc2c1. The second-order valence-corrected chi connectivity index (χ2v) is 16.2. The van der Waals surface area contributed by atoms with Gasteiger partial charge in [-0.1, -0.05) is 54.6 Å². The lowest BCUT2D eigenvalue weighted by Gasteiger charge is -2.26. The summed E-state index contributed by atoms with van der Waals surface area (Å²) >= 11 is 0. The van der Waals surface area contributed by atoms with Gasteiger partial charge < -0.3 is 13.9 Å². The fourth-order valence-corrected chi connectivity index (χ4v) is 15.7. The fraction of sp³-hybridized carbons (Fsp3) is 0. The largest absolute Gasteiger partial charge is 0.346 e. The third-order valence-electron chi connectivity index (χ3n) is 6.84. The Labute approximate surface area is 192 Å². The molecule has 0 aromatic heterocycles. The highest BCUT2D eigenvalue weighted by molar-refractivity contribution is 6.84. The quantitative estimate of drug-likeness (QED) is 0.200. The molecule has 1 heterocycles. The van der Waals surface area contributed by atoms with Crippen molar-refractivity contribution in [3.63, 3.8) is 0 Å². The summed E-state index contributed by atoms with van der Waals surface area (Å²) in [6.07, 6.45) is 0. The number of fused-ring (bicyclic) bond motifs is 6. The van der Waals surface area contributed by atoms with Crippen molar-refractivity contribution in [2.75, 3.05) is 0 Å². The molecule has 32 heavy (non-hydrogen) atoms. The Bertz CT molecular complexity index is 1680. The second kappa shape index (κ2) is 7.35. The first kappa shape index (κ1) is 18.7. The zero-order chi connectivity index (χ0) is 21.1. The Kier molecular flexibility index (Phi) is 4.29. The van der Waals surface area contributed by atoms with Crippen LogP contribution in [0.1, 0.15) is 0 Å². The molecule has 6 aromatic carbocycles. The maximum Gasteiger partial charge on any atom is 0.206 e. The summed E-state index contributed by atoms with van der Waals surface area (Å²) in [6, 6.07) is 34.2. The van der Waals surface area contributed by atoms with Crippen molar-refractivity contribution in [2.45, 2.75) is 0 Å². The van der Waals surface area contributed by atoms with E-state index in [0.717, 1.165) is 0 Å². The van der Waals surface area contributed by atoms with Gasteiger partial charge in [0.2, 0.25) is 9.12 Å². The van der Waals surface area contributed by atoms with E-state index in [0.29, 0.717) is 0 Å². The van der Waals surface area contributed by atoms with Crippen LogP contribution in [0.2, 0.25) is 0 Å². The average Bonchev–Trinajstić information content (AvgIpc) is 2.85. The average molecular weight is 462 g/mol. The molecule has 1 aliphatic rings. The van der Waals surface area contributed by atoms with Crippen LogP contribution >= 0.6 is 0 Å². The zero-order valence-corrected chi connectivity index (χ0v) is 21.6. The lowest BCUT2D eigenvalue weighted by molar-refractivity contribution is 1.25. The Morgan fingerprint density at radius 2 is 0.969 bits per heavy atom. The van der Waals surface area contributed by atoms with Crippen molar-refractivity contribution >= 4 is 87.9 Å². The van der Waals surface area contributed by atoms with Crippen LogP contribution in [0.5, 0.6) is 0 Å². The maximum atomic E-state index is 3.89. The molecule has 154 valence electrons. The zero-order valence-electron chi connectivity index (χ0n) is 17.7. The van der Waals surface area contributed by atoms with E-state index in [-0.39, 0.29) is 19.7 Å². The first-order valence-corrected chi connectivity index (χ1v) is 15.8. The first-order chi connectivity index (χ1) is 15.8. The Morgan fingerprint density at radius 1 is 0.469 bits per heavy atom. The van der Waals surface area contributed by atoms with Crippen molar-refractivity contribution < 1.29 is 0 Å². The molecule has 0 unspecified atom stereocenters. The Morgan fingerprint density at radius 3 is 1.62 bits per heavy atom. The molecule has 3 nitrogen and oxygen atoms in total. The smallest absolute Gasteiger partial charge is 0.206 e. The van der Waals surface area contributed by atoms with Crippen LogP contribution in [0.3, 0.4) is 0 Å². The van der Waals surface area contributed by atoms with E-state index in [1.54, 1.807) is 0 Å². The molecule has 3 N–H and O–H groups in total. The van der Waals surface area contributed by atoms with Gasteiger partial charge in [0, 0.05) is 0 Å². The molecule has 6 heteroatoms. The van der Waals surface area contributed by atoms with Gasteiger partial charge >= 0.3 is 0 Å². The van der Waals surface area contributed by atoms with E-state index in [9.17, 15) is 0 Å². The summed E-state index contributed by atoms with van der Waals surface area (Å²) in [6.45, 7) is 0. The van der Waals surface area contributed by atoms with E-state index >= 15 is 0 Å². The highest BCUT2D eigenvalue weighted by atomic mass is 28.4. The van der Waals surface area contributed by atoms with Crippen LogP contribution < -0.4 is 19.1 Å². The van der Waals surface area contributed by atoms with Crippen molar-refractivity contribution in [3.05, 3.63) is 91.0 Å². The molecule has 0 amide bonds. The first-order valence-electron chi connectivity index (χ1n) is 11.2. The molecule has 1 fully saturated rings. The van der Waals surface area contributed by atoms with Crippen LogP contribution in [-0.4, -0.2) is 28.8 Å². The maximum absolute atomic E-state index is 3.89. The molecule has 0 atom stereocenters. The predicted octanol–water partition coefficient (Wildman–Crippen LogP) is 2.66. The van der Waals surface area contributed by atoms with Gasteiger partial charge in [-0.05, 0) is 95.4 Å². The Hall–Kier alpha value is -2.85. The molecule has 0 bridgehead atoms. The summed E-state index contributed by atoms with van der Waals surface area (Å²) in [7, 11) is -2.04. The Balaban J connectivity index is 1.61. The normalized spacial score (nSPS) is 18.6. The minimum absolute atomic E-state index is 0.338. The van der Waals surface area contributed by atoms with E-state index in [4.69, 9.17) is 0 Å². The predicted molar refractivity (Wildman–Crippen MR) is 147 cm³/mol. The molecule has 0 spiro atoms. The van der Waals surface area contributed by atoms with Crippen molar-refractivity contribution in [1.29, 1.82) is 0 Å². The molecule has 0 radical (unpaired) electrons. The minimum Gasteiger partial charge on any atom is -0.346 e. The van der Waals surface area contributed by atoms with Gasteiger partial charge in [0.15, 0.2) is 19.7 Å². The number of benzene rings is 6. The molecule has 6 aromatic rings. The molecule has 0 saturated carbocycles. The molecular weight excluding hydrogens is 439 g/mol. The number of nitrogens with one attached hydrogen (secondary N) is 3. The highest BCUT2D eigenvalue weighted by Crippen LogP contribution is 2.33. The topological polar surface area (TPSA) is 36.1 Å². The summed E-state index contributed by atoms with van der Waals surface area (Å²) in [5.41, 5.74) is 0. The standard InChI is InChI=1S/C26H23N3Si3/c1-2-6-17-10-21-14-23-22(11-20(21)9-16(17)5-1)15-26(32-28-30-27-31-29-32)25-13-19-8-4-3-7-18(19)12-24(23)25/h1-15,27-29,32H,30-31H2. The van der Waals surface area contributed by atoms with Crippen LogP contribution in [0.4, 0.5) is 0 Å². The molecular formula is C26H23N3Si3. The van der Waals surface area contributed by atoms with Crippen molar-refractivity contribution in [1.82, 2.24) is 13.9 Å². The van der Waals surface area contributed by atoms with Crippen LogP contribution in [0, 0.1) is 0 Å². The minimum atomic E-state index is -1.36. The van der Waals surface area contributed by atoms with Gasteiger partial charge in [-0.15, -0.1) is 0 Å². The number of hydrogen-bond donors (Lipinski definition) is 3. The van der Waals surface area contributed by atoms with Gasteiger partial charge in [0.25, 0.3) is 0 Å². The molecule has 1 saturated heterocycles. The van der Waals surface area contributed by atoms with E-state index < -0.39 is 9.12 Å². The second-order valence-electron chi connectivity index (χ2n) is 8.78. The van der Waals surface area contributed by atoms with Gasteiger partial charge in [0.05, 0.1) is 0 Å². The summed E-state index contributed by atoms with van der Waals surface area (Å²) in [5.74, 6) is 0. The van der Waals surface area contributed by atoms with Crippen LogP contribution in [0.15, 0.2) is 91.0 Å². The van der Waals surface area contributed by atoms with E-state index in [2.05, 4.69) is 105 Å². The summed E-state index contributed by atoms with van der Waals surface area (Å²) in [5, 5.41) is 14.9. The van der Waals surface area contributed by atoms with Crippen molar-refractivity contribution in [2.24, 2.45) is 0 Å². The molecule has 1 aliphatic heterocycles. The van der Waals surface area contributed by atoms with Gasteiger partial charge in [-0.2, -0.15) is 0 Å². The summed E-state index contributed by atoms with van der Waals surface area (Å²) < 4.78 is 11.4. The summed E-state index contributed by atoms with van der Waals surface area (Å²) in [4.78, 5) is 0. The number of rotatable bonds is 1. The van der Waals surface area contributed by atoms with Gasteiger partial charge in [0.1, 0.15) is 0 Å². The van der Waals surface area contributed by atoms with E-state index in [1.165, 1.54) is 59.0 Å². The van der Waals surface area contributed by atoms with E-state index in [1.807, 2.05) is 0 Å². The highest BCUT2D eigenvalue weighted by Gasteiger charge is 2.21. The lowest BCUT2D eigenvalue weighted by atomic mass is 9.95. The number of hydrogen-bond acceptors (Lipinski definition) is 3. The van der Waals surface area contributed by atoms with Gasteiger partial charge in [-0.25, -0.2) is 0 Å². The fourth-order valence-electron chi connectivity index (χ4n) is 5.25. The van der Waals surface area contributed by atoms with Crippen LogP contribution in [0.25, 0.3) is 53.9 Å². The van der Waals surface area contributed by atoms with Crippen LogP contribution in [-0.2, 0) is 0 Å². The van der Waals surface area contributed by atoms with Gasteiger partial charge in [-0.3, -0.25) is 0 Å². The third-order valence-corrected chi connectivity index (χ3v) is 14.8. The third kappa shape index (κ3) is 2.96. The molecule has 0 aliphatic carbocycles. The monoisotopic (exact) mass is 461 g/mol. The van der Waals surface area contributed by atoms with Crippen molar-refractivity contribution in [3.8, 4) is 0 Å². The lowest BCUT2D eigenvalue weighted by Crippen LogP contribution is -2.68. The molecule has 7 rings (SSSR count).